The molecule has 0 atom stereocenters. The third kappa shape index (κ3) is 2.95. The molecule has 1 aliphatic rings. The fourth-order valence-electron chi connectivity index (χ4n) is 3.03. The second-order valence-corrected chi connectivity index (χ2v) is 6.17. The molecule has 9 heteroatoms. The van der Waals surface area contributed by atoms with Gasteiger partial charge in [0.05, 0.1) is 16.0 Å². The van der Waals surface area contributed by atoms with Crippen molar-refractivity contribution in [2.24, 2.45) is 0 Å². The molecule has 9 nitrogen and oxygen atoms in total. The van der Waals surface area contributed by atoms with Crippen molar-refractivity contribution in [2.45, 2.75) is 13.5 Å². The maximum absolute atomic E-state index is 11.7. The van der Waals surface area contributed by atoms with Crippen molar-refractivity contribution in [3.05, 3.63) is 48.0 Å². The number of fused-ring (bicyclic) bond motifs is 1. The molecule has 1 saturated heterocycles. The zero-order chi connectivity index (χ0) is 17.4. The van der Waals surface area contributed by atoms with Crippen molar-refractivity contribution >= 4 is 16.7 Å². The van der Waals surface area contributed by atoms with E-state index in [1.165, 1.54) is 6.07 Å². The van der Waals surface area contributed by atoms with Gasteiger partial charge in [-0.15, -0.1) is 0 Å². The van der Waals surface area contributed by atoms with Crippen LogP contribution in [-0.4, -0.2) is 57.9 Å². The molecule has 1 aromatic carbocycles. The molecule has 0 bridgehead atoms. The van der Waals surface area contributed by atoms with E-state index >= 15 is 0 Å². The number of nitro benzene ring substituents is 1. The Morgan fingerprint density at radius 3 is 2.42 bits per heavy atom. The minimum atomic E-state index is -0.814. The van der Waals surface area contributed by atoms with Crippen LogP contribution in [-0.2, 0) is 6.54 Å². The van der Waals surface area contributed by atoms with Gasteiger partial charge in [0.1, 0.15) is 0 Å². The first-order valence-electron chi connectivity index (χ1n) is 7.71. The fourth-order valence-corrected chi connectivity index (χ4v) is 3.03. The fraction of sp³-hybridized carbons (Fsp3) is 0.467. The highest BCUT2D eigenvalue weighted by Crippen LogP contribution is 2.28. The largest absolute Gasteiger partial charge is 0.316 e. The lowest BCUT2D eigenvalue weighted by Crippen LogP contribution is -2.44. The number of nitrogens with one attached hydrogen (secondary N) is 2. The molecule has 0 radical (unpaired) electrons. The molecular weight excluding hydrogens is 314 g/mol. The molecule has 2 N–H and O–H groups in total. The number of benzene rings is 1. The van der Waals surface area contributed by atoms with Crippen LogP contribution in [0.15, 0.2) is 15.7 Å². The van der Waals surface area contributed by atoms with E-state index in [1.807, 2.05) is 7.05 Å². The Morgan fingerprint density at radius 1 is 1.17 bits per heavy atom. The van der Waals surface area contributed by atoms with Gasteiger partial charge >= 0.3 is 11.1 Å². The topological polar surface area (TPSA) is 115 Å². The second kappa shape index (κ2) is 6.17. The number of aromatic amines is 2. The highest BCUT2D eigenvalue weighted by molar-refractivity contribution is 5.82. The van der Waals surface area contributed by atoms with E-state index < -0.39 is 16.0 Å². The molecule has 2 heterocycles. The van der Waals surface area contributed by atoms with Gasteiger partial charge in [0.15, 0.2) is 0 Å². The normalized spacial score (nSPS) is 16.6. The third-order valence-corrected chi connectivity index (χ3v) is 4.56. The Balaban J connectivity index is 2.14. The van der Waals surface area contributed by atoms with Gasteiger partial charge in [-0.05, 0) is 14.0 Å². The summed E-state index contributed by atoms with van der Waals surface area (Å²) in [6, 6.07) is 1.30. The lowest BCUT2D eigenvalue weighted by Gasteiger charge is -2.32. The van der Waals surface area contributed by atoms with Crippen LogP contribution in [0.25, 0.3) is 11.0 Å². The van der Waals surface area contributed by atoms with E-state index in [2.05, 4.69) is 19.8 Å². The Kier molecular flexibility index (Phi) is 4.20. The zero-order valence-electron chi connectivity index (χ0n) is 13.6. The first-order valence-corrected chi connectivity index (χ1v) is 7.71. The summed E-state index contributed by atoms with van der Waals surface area (Å²) in [5, 5.41) is 11.3. The third-order valence-electron chi connectivity index (χ3n) is 4.56. The number of piperazine rings is 1. The number of hydrogen-bond acceptors (Lipinski definition) is 6. The molecule has 1 aliphatic heterocycles. The van der Waals surface area contributed by atoms with Crippen molar-refractivity contribution in [2.75, 3.05) is 33.2 Å². The predicted octanol–water partition coefficient (Wildman–Crippen LogP) is 0.180. The van der Waals surface area contributed by atoms with Crippen LogP contribution in [0.2, 0.25) is 0 Å². The van der Waals surface area contributed by atoms with E-state index in [0.717, 1.165) is 26.2 Å². The average molecular weight is 333 g/mol. The zero-order valence-corrected chi connectivity index (χ0v) is 13.6. The predicted molar refractivity (Wildman–Crippen MR) is 89.4 cm³/mol. The molecule has 0 aliphatic carbocycles. The van der Waals surface area contributed by atoms with E-state index in [1.54, 1.807) is 6.92 Å². The summed E-state index contributed by atoms with van der Waals surface area (Å²) < 4.78 is 0. The van der Waals surface area contributed by atoms with Gasteiger partial charge < -0.3 is 14.9 Å². The molecule has 128 valence electrons. The molecule has 24 heavy (non-hydrogen) atoms. The average Bonchev–Trinajstić information content (AvgIpc) is 2.53. The molecule has 0 saturated carbocycles. The maximum Gasteiger partial charge on any atom is 0.314 e. The van der Waals surface area contributed by atoms with Crippen LogP contribution in [0.1, 0.15) is 11.1 Å². The molecule has 3 rings (SSSR count). The van der Waals surface area contributed by atoms with E-state index in [9.17, 15) is 19.7 Å². The van der Waals surface area contributed by atoms with Gasteiger partial charge in [0.2, 0.25) is 0 Å². The summed E-state index contributed by atoms with van der Waals surface area (Å²) in [6.07, 6.45) is 0. The van der Waals surface area contributed by atoms with Gasteiger partial charge in [-0.25, -0.2) is 0 Å². The van der Waals surface area contributed by atoms with Gasteiger partial charge in [0, 0.05) is 49.9 Å². The molecule has 1 fully saturated rings. The molecule has 0 unspecified atom stereocenters. The van der Waals surface area contributed by atoms with Crippen LogP contribution < -0.4 is 11.1 Å². The van der Waals surface area contributed by atoms with Gasteiger partial charge in [-0.2, -0.15) is 0 Å². The van der Waals surface area contributed by atoms with Crippen LogP contribution in [0.5, 0.6) is 0 Å². The lowest BCUT2D eigenvalue weighted by atomic mass is 10.0. The van der Waals surface area contributed by atoms with Crippen molar-refractivity contribution < 1.29 is 4.92 Å². The van der Waals surface area contributed by atoms with E-state index in [0.29, 0.717) is 23.2 Å². The van der Waals surface area contributed by atoms with E-state index in [-0.39, 0.29) is 11.2 Å². The van der Waals surface area contributed by atoms with Crippen LogP contribution in [0, 0.1) is 17.0 Å². The maximum atomic E-state index is 11.7. The number of H-pyrrole nitrogens is 2. The van der Waals surface area contributed by atoms with Crippen LogP contribution >= 0.6 is 0 Å². The van der Waals surface area contributed by atoms with Crippen molar-refractivity contribution in [3.8, 4) is 0 Å². The van der Waals surface area contributed by atoms with Gasteiger partial charge in [0.25, 0.3) is 5.69 Å². The Morgan fingerprint density at radius 2 is 1.79 bits per heavy atom. The minimum Gasteiger partial charge on any atom is -0.316 e. The molecular formula is C15H19N5O4. The monoisotopic (exact) mass is 333 g/mol. The molecule has 0 amide bonds. The summed E-state index contributed by atoms with van der Waals surface area (Å²) in [6.45, 7) is 5.67. The van der Waals surface area contributed by atoms with Gasteiger partial charge in [-0.1, -0.05) is 0 Å². The number of rotatable bonds is 3. The number of nitrogens with zero attached hydrogens (tertiary/aromatic N) is 3. The molecule has 1 aromatic heterocycles. The quantitative estimate of drug-likeness (QED) is 0.470. The Hall–Kier alpha value is -2.52. The highest BCUT2D eigenvalue weighted by Gasteiger charge is 2.22. The second-order valence-electron chi connectivity index (χ2n) is 6.17. The lowest BCUT2D eigenvalue weighted by molar-refractivity contribution is -0.385. The van der Waals surface area contributed by atoms with Crippen LogP contribution in [0.3, 0.4) is 0 Å². The first kappa shape index (κ1) is 16.3. The Bertz CT molecular complexity index is 908. The van der Waals surface area contributed by atoms with Gasteiger partial charge in [-0.3, -0.25) is 24.6 Å². The smallest absolute Gasteiger partial charge is 0.314 e. The molecule has 2 aromatic rings. The highest BCUT2D eigenvalue weighted by atomic mass is 16.6. The number of hydrogen-bond donors (Lipinski definition) is 2. The summed E-state index contributed by atoms with van der Waals surface area (Å²) in [7, 11) is 2.05. The summed E-state index contributed by atoms with van der Waals surface area (Å²) in [4.78, 5) is 43.5. The van der Waals surface area contributed by atoms with Crippen molar-refractivity contribution in [3.63, 3.8) is 0 Å². The van der Waals surface area contributed by atoms with Crippen molar-refractivity contribution in [1.82, 2.24) is 19.8 Å². The number of aromatic nitrogens is 2. The number of likely N-dealkylation sites (N-methyl/N-ethyl adjacent to an activating group) is 1. The SMILES string of the molecule is Cc1c([N+](=O)[O-])cc2[nH]c(=O)c(=O)[nH]c2c1CN1CCN(C)CC1. The van der Waals surface area contributed by atoms with Crippen LogP contribution in [0.4, 0.5) is 5.69 Å². The Labute approximate surface area is 137 Å². The summed E-state index contributed by atoms with van der Waals surface area (Å²) in [5.41, 5.74) is 0.296. The standard InChI is InChI=1S/C15H19N5O4/c1-9-10(8-19-5-3-18(2)4-6-19)13-11(7-12(9)20(23)24)16-14(21)15(22)17-13/h7H,3-6,8H2,1-2H3,(H,16,21)(H,17,22). The number of nitro groups is 1. The first-order chi connectivity index (χ1) is 11.4. The molecule has 0 spiro atoms. The van der Waals surface area contributed by atoms with E-state index in [4.69, 9.17) is 0 Å². The summed E-state index contributed by atoms with van der Waals surface area (Å²) >= 11 is 0. The van der Waals surface area contributed by atoms with Crippen molar-refractivity contribution in [1.29, 1.82) is 0 Å². The minimum absolute atomic E-state index is 0.0608. The summed E-state index contributed by atoms with van der Waals surface area (Å²) in [5.74, 6) is 0.